The summed E-state index contributed by atoms with van der Waals surface area (Å²) in [4.78, 5) is 2.37. The number of nitrogen functional groups attached to an aromatic ring is 1. The highest BCUT2D eigenvalue weighted by molar-refractivity contribution is 5.51. The zero-order valence-corrected chi connectivity index (χ0v) is 11.7. The van der Waals surface area contributed by atoms with E-state index in [9.17, 15) is 4.39 Å². The third kappa shape index (κ3) is 2.54. The van der Waals surface area contributed by atoms with E-state index >= 15 is 0 Å². The van der Waals surface area contributed by atoms with Gasteiger partial charge in [0.2, 0.25) is 0 Å². The van der Waals surface area contributed by atoms with Gasteiger partial charge >= 0.3 is 0 Å². The van der Waals surface area contributed by atoms with E-state index in [0.29, 0.717) is 0 Å². The van der Waals surface area contributed by atoms with Crippen LogP contribution >= 0.6 is 0 Å². The number of halogens is 1. The Hall–Kier alpha value is -1.87. The molecule has 0 fully saturated rings. The van der Waals surface area contributed by atoms with Gasteiger partial charge in [0.1, 0.15) is 5.82 Å². The number of nitrogens with two attached hydrogens (primary N) is 1. The van der Waals surface area contributed by atoms with Gasteiger partial charge < -0.3 is 5.73 Å². The molecule has 0 aliphatic carbocycles. The molecule has 20 heavy (non-hydrogen) atoms. The number of hydrogen-bond acceptors (Lipinski definition) is 2. The Morgan fingerprint density at radius 1 is 1.25 bits per heavy atom. The summed E-state index contributed by atoms with van der Waals surface area (Å²) in [6, 6.07) is 11.2. The molecule has 3 heteroatoms. The molecule has 0 bridgehead atoms. The lowest BCUT2D eigenvalue weighted by atomic mass is 9.97. The summed E-state index contributed by atoms with van der Waals surface area (Å²) in [6.07, 6.45) is 1.03. The van der Waals surface area contributed by atoms with Crippen LogP contribution in [0.4, 0.5) is 10.1 Å². The van der Waals surface area contributed by atoms with Crippen molar-refractivity contribution in [2.75, 3.05) is 12.3 Å². The average molecular weight is 270 g/mol. The standard InChI is InChI=1S/C17H19FN2/c1-12-9-15(18)6-5-14(12)10-20-8-7-13-3-2-4-17(19)16(13)11-20/h2-6,9H,7-8,10-11,19H2,1H3. The molecule has 0 amide bonds. The predicted molar refractivity (Wildman–Crippen MR) is 79.8 cm³/mol. The van der Waals surface area contributed by atoms with Crippen LogP contribution in [0, 0.1) is 12.7 Å². The predicted octanol–water partition coefficient (Wildman–Crippen LogP) is 3.27. The van der Waals surface area contributed by atoms with Crippen molar-refractivity contribution in [3.63, 3.8) is 0 Å². The van der Waals surface area contributed by atoms with Crippen molar-refractivity contribution >= 4 is 5.69 Å². The molecule has 0 spiro atoms. The maximum Gasteiger partial charge on any atom is 0.123 e. The van der Waals surface area contributed by atoms with Gasteiger partial charge in [-0.05, 0) is 53.8 Å². The minimum absolute atomic E-state index is 0.167. The third-order valence-electron chi connectivity index (χ3n) is 4.09. The van der Waals surface area contributed by atoms with Gasteiger partial charge in [0.15, 0.2) is 0 Å². The highest BCUT2D eigenvalue weighted by atomic mass is 19.1. The highest BCUT2D eigenvalue weighted by Gasteiger charge is 2.18. The topological polar surface area (TPSA) is 29.3 Å². The summed E-state index contributed by atoms with van der Waals surface area (Å²) in [6.45, 7) is 4.71. The Balaban J connectivity index is 1.79. The van der Waals surface area contributed by atoms with E-state index in [4.69, 9.17) is 5.73 Å². The van der Waals surface area contributed by atoms with Crippen molar-refractivity contribution in [3.05, 3.63) is 64.5 Å². The smallest absolute Gasteiger partial charge is 0.123 e. The van der Waals surface area contributed by atoms with Crippen LogP contribution in [-0.4, -0.2) is 11.4 Å². The first-order chi connectivity index (χ1) is 9.63. The summed E-state index contributed by atoms with van der Waals surface area (Å²) in [5.74, 6) is -0.167. The van der Waals surface area contributed by atoms with Crippen LogP contribution in [-0.2, 0) is 19.5 Å². The SMILES string of the molecule is Cc1cc(F)ccc1CN1CCc2cccc(N)c2C1. The summed E-state index contributed by atoms with van der Waals surface area (Å²) in [5, 5.41) is 0. The third-order valence-corrected chi connectivity index (χ3v) is 4.09. The number of nitrogens with zero attached hydrogens (tertiary/aromatic N) is 1. The van der Waals surface area contributed by atoms with E-state index in [0.717, 1.165) is 37.3 Å². The van der Waals surface area contributed by atoms with Crippen molar-refractivity contribution in [1.82, 2.24) is 4.90 Å². The first-order valence-corrected chi connectivity index (χ1v) is 6.97. The van der Waals surface area contributed by atoms with Crippen LogP contribution in [0.15, 0.2) is 36.4 Å². The fourth-order valence-corrected chi connectivity index (χ4v) is 2.88. The lowest BCUT2D eigenvalue weighted by molar-refractivity contribution is 0.245. The first-order valence-electron chi connectivity index (χ1n) is 6.97. The Labute approximate surface area is 119 Å². The molecule has 0 atom stereocenters. The van der Waals surface area contributed by atoms with E-state index in [-0.39, 0.29) is 5.82 Å². The number of benzene rings is 2. The van der Waals surface area contributed by atoms with Gasteiger partial charge in [-0.25, -0.2) is 4.39 Å². The lowest BCUT2D eigenvalue weighted by Crippen LogP contribution is -2.30. The molecular weight excluding hydrogens is 251 g/mol. The number of anilines is 1. The molecule has 0 saturated heterocycles. The van der Waals surface area contributed by atoms with E-state index in [2.05, 4.69) is 11.0 Å². The summed E-state index contributed by atoms with van der Waals surface area (Å²) in [5.41, 5.74) is 11.8. The van der Waals surface area contributed by atoms with Crippen LogP contribution in [0.3, 0.4) is 0 Å². The van der Waals surface area contributed by atoms with E-state index in [1.54, 1.807) is 6.07 Å². The second-order valence-electron chi connectivity index (χ2n) is 5.52. The molecule has 2 nitrogen and oxygen atoms in total. The Morgan fingerprint density at radius 2 is 2.10 bits per heavy atom. The van der Waals surface area contributed by atoms with Gasteiger partial charge in [-0.15, -0.1) is 0 Å². The fraction of sp³-hybridized carbons (Fsp3) is 0.294. The zero-order chi connectivity index (χ0) is 14.1. The monoisotopic (exact) mass is 270 g/mol. The number of hydrogen-bond donors (Lipinski definition) is 1. The quantitative estimate of drug-likeness (QED) is 0.849. The molecule has 2 aromatic carbocycles. The van der Waals surface area contributed by atoms with E-state index < -0.39 is 0 Å². The van der Waals surface area contributed by atoms with Crippen LogP contribution in [0.25, 0.3) is 0 Å². The first kappa shape index (κ1) is 13.1. The molecule has 0 aromatic heterocycles. The molecule has 1 aliphatic heterocycles. The maximum absolute atomic E-state index is 13.1. The molecule has 3 rings (SSSR count). The van der Waals surface area contributed by atoms with Crippen molar-refractivity contribution in [2.24, 2.45) is 0 Å². The van der Waals surface area contributed by atoms with Crippen molar-refractivity contribution in [1.29, 1.82) is 0 Å². The number of aryl methyl sites for hydroxylation is 1. The van der Waals surface area contributed by atoms with Crippen molar-refractivity contribution in [2.45, 2.75) is 26.4 Å². The van der Waals surface area contributed by atoms with Crippen LogP contribution in [0.1, 0.15) is 22.3 Å². The molecule has 2 N–H and O–H groups in total. The minimum atomic E-state index is -0.167. The zero-order valence-electron chi connectivity index (χ0n) is 11.7. The van der Waals surface area contributed by atoms with Gasteiger partial charge in [0.25, 0.3) is 0 Å². The van der Waals surface area contributed by atoms with Crippen molar-refractivity contribution in [3.8, 4) is 0 Å². The lowest BCUT2D eigenvalue weighted by Gasteiger charge is -2.30. The number of fused-ring (bicyclic) bond motifs is 1. The fourth-order valence-electron chi connectivity index (χ4n) is 2.88. The van der Waals surface area contributed by atoms with Crippen LogP contribution < -0.4 is 5.73 Å². The van der Waals surface area contributed by atoms with Crippen LogP contribution in [0.5, 0.6) is 0 Å². The molecule has 1 aliphatic rings. The maximum atomic E-state index is 13.1. The molecule has 104 valence electrons. The van der Waals surface area contributed by atoms with Gasteiger partial charge in [-0.3, -0.25) is 4.90 Å². The second kappa shape index (κ2) is 5.25. The number of rotatable bonds is 2. The van der Waals surface area contributed by atoms with Crippen molar-refractivity contribution < 1.29 is 4.39 Å². The molecule has 2 aromatic rings. The Kier molecular flexibility index (Phi) is 3.45. The molecule has 0 saturated carbocycles. The van der Waals surface area contributed by atoms with Crippen LogP contribution in [0.2, 0.25) is 0 Å². The Morgan fingerprint density at radius 3 is 2.90 bits per heavy atom. The second-order valence-corrected chi connectivity index (χ2v) is 5.52. The summed E-state index contributed by atoms with van der Waals surface area (Å²) in [7, 11) is 0. The molecular formula is C17H19FN2. The van der Waals surface area contributed by atoms with E-state index in [1.165, 1.54) is 22.8 Å². The molecule has 1 heterocycles. The Bertz CT molecular complexity index is 637. The normalized spacial score (nSPS) is 15.1. The molecule has 0 unspecified atom stereocenters. The van der Waals surface area contributed by atoms with Gasteiger partial charge in [-0.2, -0.15) is 0 Å². The summed E-state index contributed by atoms with van der Waals surface area (Å²) < 4.78 is 13.1. The summed E-state index contributed by atoms with van der Waals surface area (Å²) >= 11 is 0. The average Bonchev–Trinajstić information content (AvgIpc) is 2.43. The van der Waals surface area contributed by atoms with Gasteiger partial charge in [0, 0.05) is 25.3 Å². The highest BCUT2D eigenvalue weighted by Crippen LogP contribution is 2.25. The largest absolute Gasteiger partial charge is 0.398 e. The van der Waals surface area contributed by atoms with Gasteiger partial charge in [0.05, 0.1) is 0 Å². The van der Waals surface area contributed by atoms with E-state index in [1.807, 2.05) is 25.1 Å². The molecule has 0 radical (unpaired) electrons. The van der Waals surface area contributed by atoms with Gasteiger partial charge in [-0.1, -0.05) is 18.2 Å². The minimum Gasteiger partial charge on any atom is -0.398 e.